The van der Waals surface area contributed by atoms with Gasteiger partial charge in [-0.15, -0.1) is 0 Å². The Hall–Kier alpha value is -1.88. The van der Waals surface area contributed by atoms with Crippen LogP contribution in [0.3, 0.4) is 0 Å². The third kappa shape index (κ3) is 5.19. The van der Waals surface area contributed by atoms with Crippen molar-refractivity contribution in [1.82, 2.24) is 5.32 Å². The van der Waals surface area contributed by atoms with E-state index in [2.05, 4.69) is 5.32 Å². The van der Waals surface area contributed by atoms with Gasteiger partial charge in [-0.3, -0.25) is 4.79 Å². The van der Waals surface area contributed by atoms with Gasteiger partial charge in [0.05, 0.1) is 13.2 Å². The average molecular weight is 292 g/mol. The number of nitrogens with one attached hydrogen (secondary N) is 1. The predicted octanol–water partition coefficient (Wildman–Crippen LogP) is 1.26. The minimum absolute atomic E-state index is 0.00896. The van der Waals surface area contributed by atoms with E-state index in [1.807, 2.05) is 44.2 Å². The van der Waals surface area contributed by atoms with Crippen molar-refractivity contribution in [3.8, 4) is 0 Å². The Bertz CT molecular complexity index is 462. The fourth-order valence-corrected chi connectivity index (χ4v) is 2.02. The first-order valence-corrected chi connectivity index (χ1v) is 7.17. The number of benzene rings is 1. The maximum atomic E-state index is 12.2. The first-order valence-electron chi connectivity index (χ1n) is 7.17. The molecule has 1 unspecified atom stereocenters. The number of esters is 1. The third-order valence-electron chi connectivity index (χ3n) is 3.60. The number of hydrogen-bond donors (Lipinski definition) is 2. The van der Waals surface area contributed by atoms with Gasteiger partial charge < -0.3 is 15.8 Å². The van der Waals surface area contributed by atoms with Crippen LogP contribution in [0.1, 0.15) is 25.8 Å². The van der Waals surface area contributed by atoms with Crippen molar-refractivity contribution < 1.29 is 14.3 Å². The molecule has 1 aromatic carbocycles. The molecule has 3 atom stereocenters. The number of methoxy groups -OCH3 is 1. The number of amides is 1. The second-order valence-corrected chi connectivity index (χ2v) is 5.19. The number of carbonyl (C=O) groups excluding carboxylic acids is 2. The fraction of sp³-hybridized carbons (Fsp3) is 0.500. The molecular formula is C16H24N2O3. The molecule has 0 aliphatic rings. The summed E-state index contributed by atoms with van der Waals surface area (Å²) in [5, 5.41) is 2.70. The molecule has 0 fully saturated rings. The molecular weight excluding hydrogens is 268 g/mol. The van der Waals surface area contributed by atoms with Crippen molar-refractivity contribution in [3.63, 3.8) is 0 Å². The van der Waals surface area contributed by atoms with Crippen LogP contribution < -0.4 is 11.1 Å². The van der Waals surface area contributed by atoms with E-state index in [1.54, 1.807) is 0 Å². The van der Waals surface area contributed by atoms with Crippen molar-refractivity contribution >= 4 is 11.9 Å². The molecule has 1 rings (SSSR count). The first-order chi connectivity index (χ1) is 9.99. The molecule has 0 aliphatic heterocycles. The summed E-state index contributed by atoms with van der Waals surface area (Å²) < 4.78 is 4.74. The van der Waals surface area contributed by atoms with Crippen LogP contribution in [0.2, 0.25) is 0 Å². The Balaban J connectivity index is 2.66. The molecule has 0 bridgehead atoms. The number of ether oxygens (including phenoxy) is 1. The van der Waals surface area contributed by atoms with Gasteiger partial charge in [-0.1, -0.05) is 50.6 Å². The van der Waals surface area contributed by atoms with Crippen LogP contribution in [0.15, 0.2) is 30.3 Å². The molecule has 3 N–H and O–H groups in total. The summed E-state index contributed by atoms with van der Waals surface area (Å²) in [6.45, 7) is 3.85. The zero-order chi connectivity index (χ0) is 15.8. The smallest absolute Gasteiger partial charge is 0.328 e. The Labute approximate surface area is 125 Å². The highest BCUT2D eigenvalue weighted by Gasteiger charge is 2.28. The zero-order valence-electron chi connectivity index (χ0n) is 12.8. The van der Waals surface area contributed by atoms with Gasteiger partial charge in [0.25, 0.3) is 0 Å². The number of rotatable bonds is 7. The summed E-state index contributed by atoms with van der Waals surface area (Å²) in [4.78, 5) is 23.9. The van der Waals surface area contributed by atoms with Crippen LogP contribution in [-0.2, 0) is 20.7 Å². The molecule has 0 saturated heterocycles. The lowest BCUT2D eigenvalue weighted by molar-refractivity contribution is -0.146. The van der Waals surface area contributed by atoms with Gasteiger partial charge in [0.1, 0.15) is 6.04 Å². The van der Waals surface area contributed by atoms with Crippen LogP contribution in [0.5, 0.6) is 0 Å². The predicted molar refractivity (Wildman–Crippen MR) is 81.5 cm³/mol. The Morgan fingerprint density at radius 1 is 1.29 bits per heavy atom. The molecule has 5 heteroatoms. The lowest BCUT2D eigenvalue weighted by atomic mass is 9.98. The SMILES string of the molecule is CCC(C)[C@H](NC(=O)[C@@H](N)Cc1ccccc1)C(=O)OC. The molecule has 116 valence electrons. The van der Waals surface area contributed by atoms with Gasteiger partial charge in [-0.05, 0) is 17.9 Å². The van der Waals surface area contributed by atoms with Crippen molar-refractivity contribution in [2.24, 2.45) is 11.7 Å². The lowest BCUT2D eigenvalue weighted by Gasteiger charge is -2.23. The highest BCUT2D eigenvalue weighted by atomic mass is 16.5. The van der Waals surface area contributed by atoms with Gasteiger partial charge in [0.15, 0.2) is 0 Å². The second-order valence-electron chi connectivity index (χ2n) is 5.19. The van der Waals surface area contributed by atoms with Crippen LogP contribution >= 0.6 is 0 Å². The highest BCUT2D eigenvalue weighted by molar-refractivity contribution is 5.87. The molecule has 21 heavy (non-hydrogen) atoms. The molecule has 1 amide bonds. The van der Waals surface area contributed by atoms with Gasteiger partial charge >= 0.3 is 5.97 Å². The van der Waals surface area contributed by atoms with Gasteiger partial charge in [0, 0.05) is 0 Å². The topological polar surface area (TPSA) is 81.4 Å². The van der Waals surface area contributed by atoms with Gasteiger partial charge in [-0.2, -0.15) is 0 Å². The van der Waals surface area contributed by atoms with E-state index in [0.717, 1.165) is 12.0 Å². The molecule has 5 nitrogen and oxygen atoms in total. The minimum atomic E-state index is -0.691. The number of hydrogen-bond acceptors (Lipinski definition) is 4. The number of carbonyl (C=O) groups is 2. The van der Waals surface area contributed by atoms with Crippen LogP contribution in [0.4, 0.5) is 0 Å². The molecule has 0 aliphatic carbocycles. The maximum absolute atomic E-state index is 12.2. The van der Waals surface area contributed by atoms with Crippen molar-refractivity contribution in [3.05, 3.63) is 35.9 Å². The molecule has 0 saturated carbocycles. The van der Waals surface area contributed by atoms with Crippen LogP contribution in [0, 0.1) is 5.92 Å². The summed E-state index contributed by atoms with van der Waals surface area (Å²) >= 11 is 0. The standard InChI is InChI=1S/C16H24N2O3/c1-4-11(2)14(16(20)21-3)18-15(19)13(17)10-12-8-6-5-7-9-12/h5-9,11,13-14H,4,10,17H2,1-3H3,(H,18,19)/t11?,13-,14-/m0/s1. The van der Waals surface area contributed by atoms with Crippen LogP contribution in [-0.4, -0.2) is 31.1 Å². The summed E-state index contributed by atoms with van der Waals surface area (Å²) in [6.07, 6.45) is 1.19. The third-order valence-corrected chi connectivity index (χ3v) is 3.60. The monoisotopic (exact) mass is 292 g/mol. The molecule has 0 radical (unpaired) electrons. The largest absolute Gasteiger partial charge is 0.467 e. The summed E-state index contributed by atoms with van der Waals surface area (Å²) in [7, 11) is 1.31. The summed E-state index contributed by atoms with van der Waals surface area (Å²) in [5.74, 6) is -0.788. The molecule has 0 aromatic heterocycles. The zero-order valence-corrected chi connectivity index (χ0v) is 12.8. The Kier molecular flexibility index (Phi) is 6.88. The van der Waals surface area contributed by atoms with Crippen molar-refractivity contribution in [2.75, 3.05) is 7.11 Å². The van der Waals surface area contributed by atoms with E-state index < -0.39 is 18.1 Å². The van der Waals surface area contributed by atoms with Gasteiger partial charge in [0.2, 0.25) is 5.91 Å². The maximum Gasteiger partial charge on any atom is 0.328 e. The first kappa shape index (κ1) is 17.2. The van der Waals surface area contributed by atoms with Gasteiger partial charge in [-0.25, -0.2) is 4.79 Å². The summed E-state index contributed by atoms with van der Waals surface area (Å²) in [5.41, 5.74) is 6.90. The van der Waals surface area contributed by atoms with E-state index in [4.69, 9.17) is 10.5 Å². The number of nitrogens with two attached hydrogens (primary N) is 1. The normalized spacial score (nSPS) is 14.9. The Morgan fingerprint density at radius 3 is 2.43 bits per heavy atom. The van der Waals surface area contributed by atoms with Crippen molar-refractivity contribution in [2.45, 2.75) is 38.8 Å². The summed E-state index contributed by atoms with van der Waals surface area (Å²) in [6, 6.07) is 8.19. The van der Waals surface area contributed by atoms with E-state index in [9.17, 15) is 9.59 Å². The molecule has 1 aromatic rings. The fourth-order valence-electron chi connectivity index (χ4n) is 2.02. The quantitative estimate of drug-likeness (QED) is 0.741. The van der Waals surface area contributed by atoms with E-state index >= 15 is 0 Å². The minimum Gasteiger partial charge on any atom is -0.467 e. The molecule has 0 heterocycles. The van der Waals surface area contributed by atoms with E-state index in [0.29, 0.717) is 6.42 Å². The van der Waals surface area contributed by atoms with E-state index in [1.165, 1.54) is 7.11 Å². The van der Waals surface area contributed by atoms with Crippen LogP contribution in [0.25, 0.3) is 0 Å². The second kappa shape index (κ2) is 8.42. The molecule has 0 spiro atoms. The Morgan fingerprint density at radius 2 is 1.90 bits per heavy atom. The average Bonchev–Trinajstić information content (AvgIpc) is 2.51. The van der Waals surface area contributed by atoms with E-state index in [-0.39, 0.29) is 11.8 Å². The highest BCUT2D eigenvalue weighted by Crippen LogP contribution is 2.10. The van der Waals surface area contributed by atoms with Crippen molar-refractivity contribution in [1.29, 1.82) is 0 Å². The lowest BCUT2D eigenvalue weighted by Crippen LogP contribution is -2.51.